The molecular formula is C20H21Cl3N2O4S. The topological polar surface area (TPSA) is 75.7 Å². The molecule has 10 heteroatoms. The third kappa shape index (κ3) is 5.59. The fraction of sp³-hybridized carbons (Fsp3) is 0.350. The number of nitrogens with one attached hydrogen (secondary N) is 1. The monoisotopic (exact) mass is 490 g/mol. The Hall–Kier alpha value is -1.51. The number of piperidine rings is 1. The number of rotatable bonds is 6. The van der Waals surface area contributed by atoms with E-state index in [9.17, 15) is 13.2 Å². The zero-order chi connectivity index (χ0) is 21.9. The molecule has 162 valence electrons. The van der Waals surface area contributed by atoms with E-state index < -0.39 is 10.0 Å². The van der Waals surface area contributed by atoms with E-state index in [-0.39, 0.29) is 30.7 Å². The van der Waals surface area contributed by atoms with Gasteiger partial charge in [0.1, 0.15) is 5.75 Å². The second kappa shape index (κ2) is 9.75. The molecule has 6 nitrogen and oxygen atoms in total. The van der Waals surface area contributed by atoms with E-state index in [0.717, 1.165) is 0 Å². The van der Waals surface area contributed by atoms with Crippen molar-refractivity contribution >= 4 is 56.4 Å². The highest BCUT2D eigenvalue weighted by molar-refractivity contribution is 7.88. The smallest absolute Gasteiger partial charge is 0.227 e. The van der Waals surface area contributed by atoms with Gasteiger partial charge in [0.2, 0.25) is 15.9 Å². The van der Waals surface area contributed by atoms with Crippen molar-refractivity contribution in [2.24, 2.45) is 5.92 Å². The lowest BCUT2D eigenvalue weighted by atomic mass is 9.97. The van der Waals surface area contributed by atoms with Crippen LogP contribution in [0.25, 0.3) is 0 Å². The molecule has 2 aromatic carbocycles. The van der Waals surface area contributed by atoms with Crippen LogP contribution in [0.3, 0.4) is 0 Å². The second-order valence-corrected chi connectivity index (χ2v) is 10.2. The molecule has 0 spiro atoms. The van der Waals surface area contributed by atoms with Gasteiger partial charge in [0, 0.05) is 24.7 Å². The molecule has 30 heavy (non-hydrogen) atoms. The Labute approximate surface area is 191 Å². The minimum Gasteiger partial charge on any atom is -0.495 e. The average molecular weight is 492 g/mol. The Morgan fingerprint density at radius 2 is 1.77 bits per heavy atom. The van der Waals surface area contributed by atoms with Crippen molar-refractivity contribution in [1.29, 1.82) is 0 Å². The SMILES string of the molecule is COc1ccc(NC(=O)C2CCN(S(=O)(=O)Cc3ccc(Cl)c(Cl)c3)CC2)cc1Cl. The third-order valence-electron chi connectivity index (χ3n) is 4.97. The molecule has 1 fully saturated rings. The van der Waals surface area contributed by atoms with Crippen LogP contribution >= 0.6 is 34.8 Å². The van der Waals surface area contributed by atoms with E-state index in [2.05, 4.69) is 5.32 Å². The van der Waals surface area contributed by atoms with Gasteiger partial charge < -0.3 is 10.1 Å². The lowest BCUT2D eigenvalue weighted by Crippen LogP contribution is -2.41. The van der Waals surface area contributed by atoms with E-state index in [1.807, 2.05) is 0 Å². The molecule has 1 N–H and O–H groups in total. The molecule has 0 radical (unpaired) electrons. The quantitative estimate of drug-likeness (QED) is 0.627. The second-order valence-electron chi connectivity index (χ2n) is 7.02. The first kappa shape index (κ1) is 23.2. The highest BCUT2D eigenvalue weighted by atomic mass is 35.5. The summed E-state index contributed by atoms with van der Waals surface area (Å²) in [4.78, 5) is 12.6. The van der Waals surface area contributed by atoms with Gasteiger partial charge in [-0.15, -0.1) is 0 Å². The van der Waals surface area contributed by atoms with Gasteiger partial charge >= 0.3 is 0 Å². The van der Waals surface area contributed by atoms with Crippen molar-refractivity contribution in [2.75, 3.05) is 25.5 Å². The number of methoxy groups -OCH3 is 1. The van der Waals surface area contributed by atoms with E-state index >= 15 is 0 Å². The first-order valence-electron chi connectivity index (χ1n) is 9.26. The summed E-state index contributed by atoms with van der Waals surface area (Å²) in [5.74, 6) is -0.0688. The van der Waals surface area contributed by atoms with Crippen molar-refractivity contribution in [3.63, 3.8) is 0 Å². The number of carbonyl (C=O) groups is 1. The summed E-state index contributed by atoms with van der Waals surface area (Å²) in [7, 11) is -2.00. The minimum absolute atomic E-state index is 0.155. The van der Waals surface area contributed by atoms with Crippen molar-refractivity contribution in [3.8, 4) is 5.75 Å². The highest BCUT2D eigenvalue weighted by Gasteiger charge is 2.31. The summed E-state index contributed by atoms with van der Waals surface area (Å²) in [5.41, 5.74) is 1.14. The third-order valence-corrected chi connectivity index (χ3v) is 7.85. The Morgan fingerprint density at radius 1 is 1.07 bits per heavy atom. The molecule has 0 unspecified atom stereocenters. The molecule has 0 saturated carbocycles. The first-order chi connectivity index (χ1) is 14.2. The minimum atomic E-state index is -3.52. The fourth-order valence-electron chi connectivity index (χ4n) is 3.32. The maximum atomic E-state index is 12.7. The zero-order valence-electron chi connectivity index (χ0n) is 16.2. The Balaban J connectivity index is 1.57. The summed E-state index contributed by atoms with van der Waals surface area (Å²) in [6.45, 7) is 0.566. The average Bonchev–Trinajstić information content (AvgIpc) is 2.71. The van der Waals surface area contributed by atoms with Crippen LogP contribution in [0.1, 0.15) is 18.4 Å². The summed E-state index contributed by atoms with van der Waals surface area (Å²) in [6, 6.07) is 9.79. The molecule has 1 heterocycles. The van der Waals surface area contributed by atoms with Crippen molar-refractivity contribution in [1.82, 2.24) is 4.31 Å². The van der Waals surface area contributed by atoms with Gasteiger partial charge in [-0.3, -0.25) is 4.79 Å². The van der Waals surface area contributed by atoms with Crippen LogP contribution in [0.5, 0.6) is 5.75 Å². The number of nitrogens with zero attached hydrogens (tertiary/aromatic N) is 1. The molecular weight excluding hydrogens is 471 g/mol. The molecule has 1 amide bonds. The van der Waals surface area contributed by atoms with Crippen LogP contribution < -0.4 is 10.1 Å². The molecule has 0 bridgehead atoms. The molecule has 0 aliphatic carbocycles. The summed E-state index contributed by atoms with van der Waals surface area (Å²) in [6.07, 6.45) is 0.882. The number of ether oxygens (including phenoxy) is 1. The van der Waals surface area contributed by atoms with Crippen LogP contribution in [0.2, 0.25) is 15.1 Å². The zero-order valence-corrected chi connectivity index (χ0v) is 19.3. The fourth-order valence-corrected chi connectivity index (χ4v) is 5.44. The van der Waals surface area contributed by atoms with Gasteiger partial charge in [0.25, 0.3) is 0 Å². The molecule has 1 aliphatic heterocycles. The maximum Gasteiger partial charge on any atom is 0.227 e. The summed E-state index contributed by atoms with van der Waals surface area (Å²) >= 11 is 17.9. The number of sulfonamides is 1. The Bertz CT molecular complexity index is 1040. The highest BCUT2D eigenvalue weighted by Crippen LogP contribution is 2.29. The van der Waals surface area contributed by atoms with Crippen LogP contribution in [0, 0.1) is 5.92 Å². The maximum absolute atomic E-state index is 12.7. The van der Waals surface area contributed by atoms with Gasteiger partial charge in [0.15, 0.2) is 0 Å². The largest absolute Gasteiger partial charge is 0.495 e. The number of halogens is 3. The normalized spacial score (nSPS) is 15.7. The van der Waals surface area contributed by atoms with E-state index in [0.29, 0.717) is 44.9 Å². The van der Waals surface area contributed by atoms with E-state index in [1.54, 1.807) is 36.4 Å². The first-order valence-corrected chi connectivity index (χ1v) is 12.0. The molecule has 0 atom stereocenters. The number of carbonyl (C=O) groups excluding carboxylic acids is 1. The van der Waals surface area contributed by atoms with Gasteiger partial charge in [-0.1, -0.05) is 40.9 Å². The van der Waals surface area contributed by atoms with Gasteiger partial charge in [-0.2, -0.15) is 0 Å². The van der Waals surface area contributed by atoms with Gasteiger partial charge in [0.05, 0.1) is 27.9 Å². The number of anilines is 1. The van der Waals surface area contributed by atoms with Crippen molar-refractivity contribution in [2.45, 2.75) is 18.6 Å². The standard InChI is InChI=1S/C20H21Cl3N2O4S/c1-29-19-5-3-15(11-18(19)23)24-20(26)14-6-8-25(9-7-14)30(27,28)12-13-2-4-16(21)17(22)10-13/h2-5,10-11,14H,6-9,12H2,1H3,(H,24,26). The molecule has 0 aromatic heterocycles. The lowest BCUT2D eigenvalue weighted by Gasteiger charge is -2.30. The molecule has 1 aliphatic rings. The number of hydrogen-bond acceptors (Lipinski definition) is 4. The Kier molecular flexibility index (Phi) is 7.52. The molecule has 1 saturated heterocycles. The molecule has 3 rings (SSSR count). The van der Waals surface area contributed by atoms with Crippen molar-refractivity contribution in [3.05, 3.63) is 57.0 Å². The summed E-state index contributed by atoms with van der Waals surface area (Å²) < 4.78 is 32.0. The van der Waals surface area contributed by atoms with Gasteiger partial charge in [-0.25, -0.2) is 12.7 Å². The number of hydrogen-bond donors (Lipinski definition) is 1. The van der Waals surface area contributed by atoms with E-state index in [4.69, 9.17) is 39.5 Å². The molecule has 2 aromatic rings. The van der Waals surface area contributed by atoms with Crippen LogP contribution in [-0.4, -0.2) is 38.8 Å². The van der Waals surface area contributed by atoms with Crippen molar-refractivity contribution < 1.29 is 17.9 Å². The Morgan fingerprint density at radius 3 is 2.37 bits per heavy atom. The summed E-state index contributed by atoms with van der Waals surface area (Å²) in [5, 5.41) is 3.93. The van der Waals surface area contributed by atoms with E-state index in [1.165, 1.54) is 11.4 Å². The predicted octanol–water partition coefficient (Wildman–Crippen LogP) is 4.84. The van der Waals surface area contributed by atoms with Crippen LogP contribution in [0.4, 0.5) is 5.69 Å². The number of amides is 1. The van der Waals surface area contributed by atoms with Gasteiger partial charge in [-0.05, 0) is 48.7 Å². The lowest BCUT2D eigenvalue weighted by molar-refractivity contribution is -0.120. The predicted molar refractivity (Wildman–Crippen MR) is 120 cm³/mol. The van der Waals surface area contributed by atoms with Crippen LogP contribution in [-0.2, 0) is 20.6 Å². The van der Waals surface area contributed by atoms with Crippen LogP contribution in [0.15, 0.2) is 36.4 Å². The number of benzene rings is 2.